The molecule has 0 bridgehead atoms. The standard InChI is InChI=1S/C23H18F2N6O2S/c1-11-4-6-14(7-5-11)16-10-15(17-12(2)30-33-21(17)28-16)20(32)29-23-27-13(3)18(34-23)19-26-8-9-31(19)22(24)25/h4-10,22H,1-3H3,(H,27,29,32). The van der Waals surface area contributed by atoms with Crippen LogP contribution in [0.5, 0.6) is 0 Å². The van der Waals surface area contributed by atoms with Crippen LogP contribution in [0.3, 0.4) is 0 Å². The number of carbonyl (C=O) groups excluding carboxylic acids is 1. The lowest BCUT2D eigenvalue weighted by atomic mass is 10.0. The van der Waals surface area contributed by atoms with Crippen LogP contribution in [0.1, 0.15) is 33.9 Å². The average Bonchev–Trinajstić information content (AvgIpc) is 3.52. The normalized spacial score (nSPS) is 11.5. The molecule has 4 aromatic heterocycles. The number of aryl methyl sites for hydroxylation is 3. The minimum atomic E-state index is -2.74. The number of alkyl halides is 2. The van der Waals surface area contributed by atoms with Crippen molar-refractivity contribution in [1.29, 1.82) is 0 Å². The third-order valence-electron chi connectivity index (χ3n) is 5.31. The summed E-state index contributed by atoms with van der Waals surface area (Å²) < 4.78 is 32.7. The number of hydrogen-bond acceptors (Lipinski definition) is 7. The zero-order chi connectivity index (χ0) is 24.0. The highest BCUT2D eigenvalue weighted by Crippen LogP contribution is 2.34. The van der Waals surface area contributed by atoms with E-state index >= 15 is 0 Å². The van der Waals surface area contributed by atoms with E-state index in [4.69, 9.17) is 4.52 Å². The van der Waals surface area contributed by atoms with Crippen LogP contribution in [0.2, 0.25) is 0 Å². The first-order valence-electron chi connectivity index (χ1n) is 10.3. The summed E-state index contributed by atoms with van der Waals surface area (Å²) in [5, 5.41) is 7.49. The fraction of sp³-hybridized carbons (Fsp3) is 0.174. The van der Waals surface area contributed by atoms with Crippen molar-refractivity contribution in [3.05, 3.63) is 65.2 Å². The summed E-state index contributed by atoms with van der Waals surface area (Å²) in [5.41, 5.74) is 4.05. The summed E-state index contributed by atoms with van der Waals surface area (Å²) in [7, 11) is 0. The Morgan fingerprint density at radius 2 is 1.88 bits per heavy atom. The number of fused-ring (bicyclic) bond motifs is 1. The molecule has 0 fully saturated rings. The first kappa shape index (κ1) is 21.8. The SMILES string of the molecule is Cc1ccc(-c2cc(C(=O)Nc3nc(C)c(-c4nccn4C(F)F)s3)c3c(C)noc3n2)cc1. The minimum Gasteiger partial charge on any atom is -0.335 e. The van der Waals surface area contributed by atoms with Gasteiger partial charge in [-0.3, -0.25) is 14.7 Å². The van der Waals surface area contributed by atoms with E-state index in [0.29, 0.717) is 32.9 Å². The fourth-order valence-corrected chi connectivity index (χ4v) is 4.58. The smallest absolute Gasteiger partial charge is 0.320 e. The lowest BCUT2D eigenvalue weighted by molar-refractivity contribution is 0.0720. The van der Waals surface area contributed by atoms with Crippen LogP contribution >= 0.6 is 11.3 Å². The Morgan fingerprint density at radius 3 is 2.62 bits per heavy atom. The topological polar surface area (TPSA) is 98.7 Å². The van der Waals surface area contributed by atoms with E-state index in [1.165, 1.54) is 12.4 Å². The van der Waals surface area contributed by atoms with Crippen LogP contribution in [0.15, 0.2) is 47.2 Å². The number of nitrogens with one attached hydrogen (secondary N) is 1. The van der Waals surface area contributed by atoms with Crippen molar-refractivity contribution >= 4 is 33.5 Å². The minimum absolute atomic E-state index is 0.0911. The molecular formula is C23H18F2N6O2S. The van der Waals surface area contributed by atoms with Crippen LogP contribution in [-0.2, 0) is 0 Å². The van der Waals surface area contributed by atoms with E-state index in [-0.39, 0.29) is 16.7 Å². The van der Waals surface area contributed by atoms with Crippen LogP contribution in [0.4, 0.5) is 13.9 Å². The molecule has 0 aliphatic heterocycles. The second kappa shape index (κ2) is 8.41. The van der Waals surface area contributed by atoms with Gasteiger partial charge in [0.2, 0.25) is 0 Å². The predicted molar refractivity (Wildman–Crippen MR) is 124 cm³/mol. The maximum atomic E-state index is 13.3. The van der Waals surface area contributed by atoms with Crippen LogP contribution in [0, 0.1) is 20.8 Å². The van der Waals surface area contributed by atoms with Crippen molar-refractivity contribution in [2.45, 2.75) is 27.3 Å². The average molecular weight is 481 g/mol. The molecule has 1 aromatic carbocycles. The van der Waals surface area contributed by atoms with Gasteiger partial charge in [0.25, 0.3) is 11.6 Å². The summed E-state index contributed by atoms with van der Waals surface area (Å²) >= 11 is 1.07. The maximum absolute atomic E-state index is 13.3. The van der Waals surface area contributed by atoms with E-state index in [1.54, 1.807) is 19.9 Å². The molecule has 1 N–H and O–H groups in total. The summed E-state index contributed by atoms with van der Waals surface area (Å²) in [6.07, 6.45) is 2.50. The molecule has 0 saturated carbocycles. The monoisotopic (exact) mass is 480 g/mol. The van der Waals surface area contributed by atoms with Crippen molar-refractivity contribution in [3.8, 4) is 22.0 Å². The largest absolute Gasteiger partial charge is 0.335 e. The predicted octanol–water partition coefficient (Wildman–Crippen LogP) is 5.78. The number of thiazole rings is 1. The van der Waals surface area contributed by atoms with Crippen molar-refractivity contribution in [2.75, 3.05) is 5.32 Å². The lowest BCUT2D eigenvalue weighted by Gasteiger charge is -2.07. The number of hydrogen-bond donors (Lipinski definition) is 1. The zero-order valence-electron chi connectivity index (χ0n) is 18.3. The summed E-state index contributed by atoms with van der Waals surface area (Å²) in [5.74, 6) is -0.349. The second-order valence-corrected chi connectivity index (χ2v) is 8.69. The number of carbonyl (C=O) groups is 1. The summed E-state index contributed by atoms with van der Waals surface area (Å²) in [6, 6.07) is 9.41. The van der Waals surface area contributed by atoms with Crippen LogP contribution in [0.25, 0.3) is 33.1 Å². The lowest BCUT2D eigenvalue weighted by Crippen LogP contribution is -2.13. The van der Waals surface area contributed by atoms with Gasteiger partial charge in [0.1, 0.15) is 0 Å². The molecule has 0 aliphatic carbocycles. The molecule has 11 heteroatoms. The molecule has 0 saturated heterocycles. The number of pyridine rings is 1. The van der Waals surface area contributed by atoms with Gasteiger partial charge < -0.3 is 4.52 Å². The van der Waals surface area contributed by atoms with Gasteiger partial charge in [-0.2, -0.15) is 8.78 Å². The molecule has 0 radical (unpaired) electrons. The Kier molecular flexibility index (Phi) is 5.40. The van der Waals surface area contributed by atoms with Gasteiger partial charge in [0.05, 0.1) is 32.9 Å². The Hall–Kier alpha value is -3.99. The molecule has 5 rings (SSSR count). The van der Waals surface area contributed by atoms with Gasteiger partial charge in [-0.1, -0.05) is 46.3 Å². The zero-order valence-corrected chi connectivity index (χ0v) is 19.2. The molecule has 0 aliphatic rings. The number of amides is 1. The number of halogens is 2. The third kappa shape index (κ3) is 3.83. The highest BCUT2D eigenvalue weighted by Gasteiger charge is 2.23. The van der Waals surface area contributed by atoms with E-state index in [9.17, 15) is 13.6 Å². The third-order valence-corrected chi connectivity index (χ3v) is 6.38. The number of aromatic nitrogens is 5. The Balaban J connectivity index is 1.52. The molecule has 8 nitrogen and oxygen atoms in total. The highest BCUT2D eigenvalue weighted by molar-refractivity contribution is 7.19. The van der Waals surface area contributed by atoms with Gasteiger partial charge >= 0.3 is 6.55 Å². The van der Waals surface area contributed by atoms with E-state index in [2.05, 4.69) is 25.4 Å². The summed E-state index contributed by atoms with van der Waals surface area (Å²) in [4.78, 5) is 26.7. The van der Waals surface area contributed by atoms with Gasteiger partial charge in [-0.05, 0) is 26.8 Å². The molecule has 172 valence electrons. The molecule has 4 heterocycles. The Labute approximate surface area is 196 Å². The van der Waals surface area contributed by atoms with Crippen molar-refractivity contribution in [1.82, 2.24) is 24.7 Å². The van der Waals surface area contributed by atoms with Gasteiger partial charge in [0, 0.05) is 18.0 Å². The van der Waals surface area contributed by atoms with Gasteiger partial charge in [0.15, 0.2) is 11.0 Å². The second-order valence-electron chi connectivity index (χ2n) is 7.69. The molecule has 1 amide bonds. The molecular weight excluding hydrogens is 462 g/mol. The Bertz CT molecular complexity index is 1520. The van der Waals surface area contributed by atoms with Crippen molar-refractivity contribution in [2.24, 2.45) is 0 Å². The molecule has 34 heavy (non-hydrogen) atoms. The number of rotatable bonds is 5. The number of imidazole rings is 1. The van der Waals surface area contributed by atoms with Crippen molar-refractivity contribution < 1.29 is 18.1 Å². The number of nitrogens with zero attached hydrogens (tertiary/aromatic N) is 5. The number of benzene rings is 1. The maximum Gasteiger partial charge on any atom is 0.320 e. The van der Waals surface area contributed by atoms with Gasteiger partial charge in [-0.25, -0.2) is 15.0 Å². The van der Waals surface area contributed by atoms with Crippen LogP contribution < -0.4 is 5.32 Å². The fourth-order valence-electron chi connectivity index (χ4n) is 3.61. The van der Waals surface area contributed by atoms with Crippen LogP contribution in [-0.4, -0.2) is 30.6 Å². The summed E-state index contributed by atoms with van der Waals surface area (Å²) in [6.45, 7) is 2.65. The van der Waals surface area contributed by atoms with Crippen molar-refractivity contribution in [3.63, 3.8) is 0 Å². The molecule has 0 unspecified atom stereocenters. The first-order chi connectivity index (χ1) is 16.3. The Morgan fingerprint density at radius 1 is 1.12 bits per heavy atom. The number of anilines is 1. The van der Waals surface area contributed by atoms with E-state index in [0.717, 1.165) is 27.0 Å². The molecule has 0 atom stereocenters. The molecule has 5 aromatic rings. The quantitative estimate of drug-likeness (QED) is 0.342. The van der Waals surface area contributed by atoms with E-state index < -0.39 is 12.5 Å². The van der Waals surface area contributed by atoms with E-state index in [1.807, 2.05) is 31.2 Å². The van der Waals surface area contributed by atoms with Gasteiger partial charge in [-0.15, -0.1) is 0 Å². The molecule has 0 spiro atoms. The first-order valence-corrected chi connectivity index (χ1v) is 11.1. The highest BCUT2D eigenvalue weighted by atomic mass is 32.1.